The van der Waals surface area contributed by atoms with Crippen LogP contribution in [0.3, 0.4) is 0 Å². The number of pyridine rings is 1. The maximum Gasteiger partial charge on any atom is 0.254 e. The van der Waals surface area contributed by atoms with Gasteiger partial charge in [0.05, 0.1) is 5.56 Å². The number of hydrogen-bond acceptors (Lipinski definition) is 2. The lowest BCUT2D eigenvalue weighted by molar-refractivity contribution is 0.0795. The minimum atomic E-state index is 0.0333. The van der Waals surface area contributed by atoms with Gasteiger partial charge in [0.15, 0.2) is 0 Å². The molecule has 0 bridgehead atoms. The first kappa shape index (κ1) is 14.7. The minimum absolute atomic E-state index is 0.0333. The van der Waals surface area contributed by atoms with Gasteiger partial charge < -0.3 is 4.90 Å². The molecule has 4 heteroatoms. The van der Waals surface area contributed by atoms with E-state index in [-0.39, 0.29) is 5.91 Å². The van der Waals surface area contributed by atoms with E-state index < -0.39 is 0 Å². The molecule has 0 atom stereocenters. The molecule has 0 spiro atoms. The third-order valence-electron chi connectivity index (χ3n) is 3.19. The zero-order chi connectivity index (χ0) is 14.5. The summed E-state index contributed by atoms with van der Waals surface area (Å²) in [6.07, 6.45) is 4.37. The summed E-state index contributed by atoms with van der Waals surface area (Å²) in [6.45, 7) is 2.69. The molecule has 1 heterocycles. The summed E-state index contributed by atoms with van der Waals surface area (Å²) in [4.78, 5) is 18.1. The molecule has 104 valence electrons. The predicted octanol–water partition coefficient (Wildman–Crippen LogP) is 3.47. The minimum Gasteiger partial charge on any atom is -0.341 e. The largest absolute Gasteiger partial charge is 0.341 e. The predicted molar refractivity (Wildman–Crippen MR) is 83.8 cm³/mol. The summed E-state index contributed by atoms with van der Waals surface area (Å²) in [7, 11) is 1.83. The molecule has 0 saturated carbocycles. The van der Waals surface area contributed by atoms with Gasteiger partial charge in [-0.05, 0) is 64.7 Å². The van der Waals surface area contributed by atoms with Crippen molar-refractivity contribution in [3.05, 3.63) is 63.9 Å². The quantitative estimate of drug-likeness (QED) is 0.858. The van der Waals surface area contributed by atoms with E-state index in [1.165, 1.54) is 5.56 Å². The van der Waals surface area contributed by atoms with Gasteiger partial charge in [-0.1, -0.05) is 6.07 Å². The van der Waals surface area contributed by atoms with Gasteiger partial charge in [-0.15, -0.1) is 0 Å². The average Bonchev–Trinajstić information content (AvgIpc) is 2.45. The number of nitrogens with zero attached hydrogens (tertiary/aromatic N) is 2. The van der Waals surface area contributed by atoms with Crippen LogP contribution in [0.15, 0.2) is 47.2 Å². The second kappa shape index (κ2) is 6.66. The van der Waals surface area contributed by atoms with E-state index in [4.69, 9.17) is 0 Å². The Balaban J connectivity index is 2.01. The summed E-state index contributed by atoms with van der Waals surface area (Å²) in [6, 6.07) is 9.73. The molecule has 0 saturated heterocycles. The lowest BCUT2D eigenvalue weighted by Crippen LogP contribution is -2.29. The van der Waals surface area contributed by atoms with E-state index in [9.17, 15) is 4.79 Å². The van der Waals surface area contributed by atoms with Crippen molar-refractivity contribution in [2.24, 2.45) is 0 Å². The second-order valence-corrected chi connectivity index (χ2v) is 5.67. The van der Waals surface area contributed by atoms with Crippen LogP contribution in [0.1, 0.15) is 21.5 Å². The average molecular weight is 333 g/mol. The van der Waals surface area contributed by atoms with Crippen molar-refractivity contribution in [3.8, 4) is 0 Å². The van der Waals surface area contributed by atoms with Crippen LogP contribution in [0.5, 0.6) is 0 Å². The monoisotopic (exact) mass is 332 g/mol. The number of carbonyl (C=O) groups is 1. The van der Waals surface area contributed by atoms with Gasteiger partial charge in [0.1, 0.15) is 0 Å². The standard InChI is InChI=1S/C16H17BrN2O/c1-12-3-4-14(15(17)11-12)16(20)19(2)10-7-13-5-8-18-9-6-13/h3-6,8-9,11H,7,10H2,1-2H3. The highest BCUT2D eigenvalue weighted by atomic mass is 79.9. The lowest BCUT2D eigenvalue weighted by Gasteiger charge is -2.18. The molecule has 2 rings (SSSR count). The van der Waals surface area contributed by atoms with E-state index in [0.717, 1.165) is 16.5 Å². The van der Waals surface area contributed by atoms with E-state index in [1.54, 1.807) is 17.3 Å². The molecule has 0 fully saturated rings. The van der Waals surface area contributed by atoms with Crippen molar-refractivity contribution < 1.29 is 4.79 Å². The van der Waals surface area contributed by atoms with Crippen molar-refractivity contribution in [2.45, 2.75) is 13.3 Å². The van der Waals surface area contributed by atoms with Gasteiger partial charge in [0.2, 0.25) is 0 Å². The lowest BCUT2D eigenvalue weighted by atomic mass is 10.1. The first-order valence-electron chi connectivity index (χ1n) is 6.48. The van der Waals surface area contributed by atoms with Gasteiger partial charge >= 0.3 is 0 Å². The molecule has 0 radical (unpaired) electrons. The van der Waals surface area contributed by atoms with Crippen molar-refractivity contribution in [3.63, 3.8) is 0 Å². The van der Waals surface area contributed by atoms with Crippen molar-refractivity contribution in [1.82, 2.24) is 9.88 Å². The normalized spacial score (nSPS) is 10.3. The fourth-order valence-corrected chi connectivity index (χ4v) is 2.61. The fourth-order valence-electron chi connectivity index (χ4n) is 1.95. The number of hydrogen-bond donors (Lipinski definition) is 0. The van der Waals surface area contributed by atoms with Crippen molar-refractivity contribution in [2.75, 3.05) is 13.6 Å². The zero-order valence-electron chi connectivity index (χ0n) is 11.6. The van der Waals surface area contributed by atoms with Gasteiger partial charge in [0.25, 0.3) is 5.91 Å². The molecule has 2 aromatic rings. The maximum atomic E-state index is 12.4. The highest BCUT2D eigenvalue weighted by Crippen LogP contribution is 2.19. The summed E-state index contributed by atoms with van der Waals surface area (Å²) in [5.41, 5.74) is 3.02. The Morgan fingerprint density at radius 2 is 1.95 bits per heavy atom. The summed E-state index contributed by atoms with van der Waals surface area (Å²) in [5, 5.41) is 0. The number of aryl methyl sites for hydroxylation is 1. The van der Waals surface area contributed by atoms with Crippen LogP contribution in [0, 0.1) is 6.92 Å². The van der Waals surface area contributed by atoms with E-state index in [2.05, 4.69) is 20.9 Å². The number of halogens is 1. The van der Waals surface area contributed by atoms with Gasteiger partial charge in [-0.25, -0.2) is 0 Å². The molecule has 20 heavy (non-hydrogen) atoms. The molecule has 0 aliphatic rings. The van der Waals surface area contributed by atoms with Crippen LogP contribution >= 0.6 is 15.9 Å². The molecule has 3 nitrogen and oxygen atoms in total. The Morgan fingerprint density at radius 3 is 2.60 bits per heavy atom. The molecule has 1 amide bonds. The SMILES string of the molecule is Cc1ccc(C(=O)N(C)CCc2ccncc2)c(Br)c1. The summed E-state index contributed by atoms with van der Waals surface area (Å²) >= 11 is 3.46. The van der Waals surface area contributed by atoms with Crippen LogP contribution in [0.25, 0.3) is 0 Å². The molecular weight excluding hydrogens is 316 g/mol. The van der Waals surface area contributed by atoms with Crippen molar-refractivity contribution in [1.29, 1.82) is 0 Å². The first-order chi connectivity index (χ1) is 9.58. The number of amides is 1. The number of rotatable bonds is 4. The Morgan fingerprint density at radius 1 is 1.25 bits per heavy atom. The Hall–Kier alpha value is -1.68. The molecule has 1 aromatic heterocycles. The summed E-state index contributed by atoms with van der Waals surface area (Å²) in [5.74, 6) is 0.0333. The topological polar surface area (TPSA) is 33.2 Å². The fraction of sp³-hybridized carbons (Fsp3) is 0.250. The molecule has 0 unspecified atom stereocenters. The molecule has 0 N–H and O–H groups in total. The molecular formula is C16H17BrN2O. The molecule has 0 aliphatic carbocycles. The van der Waals surface area contributed by atoms with Gasteiger partial charge in [-0.3, -0.25) is 9.78 Å². The molecule has 1 aromatic carbocycles. The molecule has 0 aliphatic heterocycles. The van der Waals surface area contributed by atoms with Crippen LogP contribution in [0.2, 0.25) is 0 Å². The van der Waals surface area contributed by atoms with E-state index in [0.29, 0.717) is 12.1 Å². The Bertz CT molecular complexity index is 599. The zero-order valence-corrected chi connectivity index (χ0v) is 13.2. The summed E-state index contributed by atoms with van der Waals surface area (Å²) < 4.78 is 0.846. The smallest absolute Gasteiger partial charge is 0.254 e. The second-order valence-electron chi connectivity index (χ2n) is 4.82. The van der Waals surface area contributed by atoms with Crippen LogP contribution in [-0.4, -0.2) is 29.4 Å². The van der Waals surface area contributed by atoms with E-state index in [1.807, 2.05) is 44.3 Å². The number of aromatic nitrogens is 1. The number of benzene rings is 1. The number of carbonyl (C=O) groups excluding carboxylic acids is 1. The van der Waals surface area contributed by atoms with E-state index >= 15 is 0 Å². The van der Waals surface area contributed by atoms with Gasteiger partial charge in [0, 0.05) is 30.5 Å². The highest BCUT2D eigenvalue weighted by molar-refractivity contribution is 9.10. The van der Waals surface area contributed by atoms with Crippen LogP contribution in [0.4, 0.5) is 0 Å². The third kappa shape index (κ3) is 3.67. The van der Waals surface area contributed by atoms with Crippen molar-refractivity contribution >= 4 is 21.8 Å². The van der Waals surface area contributed by atoms with Gasteiger partial charge in [-0.2, -0.15) is 0 Å². The Kier molecular flexibility index (Phi) is 4.90. The van der Waals surface area contributed by atoms with Crippen LogP contribution in [-0.2, 0) is 6.42 Å². The third-order valence-corrected chi connectivity index (χ3v) is 3.84. The highest BCUT2D eigenvalue weighted by Gasteiger charge is 2.14. The first-order valence-corrected chi connectivity index (χ1v) is 7.28. The van der Waals surface area contributed by atoms with Crippen LogP contribution < -0.4 is 0 Å². The maximum absolute atomic E-state index is 12.4. The Labute approximate surface area is 127 Å². The number of likely N-dealkylation sites (N-methyl/N-ethyl adjacent to an activating group) is 1.